The maximum Gasteiger partial charge on any atom is 0.339 e. The highest BCUT2D eigenvalue weighted by Crippen LogP contribution is 2.27. The van der Waals surface area contributed by atoms with Gasteiger partial charge in [-0.2, -0.15) is 0 Å². The van der Waals surface area contributed by atoms with E-state index >= 15 is 0 Å². The summed E-state index contributed by atoms with van der Waals surface area (Å²) in [7, 11) is 0. The first-order valence-corrected chi connectivity index (χ1v) is 6.86. The second-order valence-corrected chi connectivity index (χ2v) is 4.75. The van der Waals surface area contributed by atoms with Gasteiger partial charge in [-0.1, -0.05) is 25.1 Å². The number of ether oxygens (including phenoxy) is 1. The Bertz CT molecular complexity index is 689. The summed E-state index contributed by atoms with van der Waals surface area (Å²) in [5.41, 5.74) is 1.71. The van der Waals surface area contributed by atoms with Crippen LogP contribution < -0.4 is 4.74 Å². The fourth-order valence-electron chi connectivity index (χ4n) is 2.02. The zero-order valence-electron chi connectivity index (χ0n) is 12.1. The van der Waals surface area contributed by atoms with Crippen LogP contribution in [0.4, 0.5) is 0 Å². The van der Waals surface area contributed by atoms with Crippen LogP contribution in [-0.2, 0) is 0 Å². The van der Waals surface area contributed by atoms with Crippen molar-refractivity contribution in [3.05, 3.63) is 53.6 Å². The molecule has 114 valence electrons. The number of carbonyl (C=O) groups is 2. The maximum absolute atomic E-state index is 11.4. The third-order valence-corrected chi connectivity index (χ3v) is 3.14. The summed E-state index contributed by atoms with van der Waals surface area (Å²) in [6, 6.07) is 11.2. The van der Waals surface area contributed by atoms with E-state index in [1.807, 2.05) is 6.92 Å². The zero-order valence-corrected chi connectivity index (χ0v) is 12.1. The van der Waals surface area contributed by atoms with E-state index in [1.165, 1.54) is 18.2 Å². The van der Waals surface area contributed by atoms with E-state index in [9.17, 15) is 14.7 Å². The number of benzene rings is 2. The minimum Gasteiger partial charge on any atom is -0.493 e. The second-order valence-electron chi connectivity index (χ2n) is 4.75. The molecule has 0 aliphatic heterocycles. The summed E-state index contributed by atoms with van der Waals surface area (Å²) in [6.07, 6.45) is 0.789. The van der Waals surface area contributed by atoms with Crippen LogP contribution in [0.1, 0.15) is 34.1 Å². The monoisotopic (exact) mass is 300 g/mol. The van der Waals surface area contributed by atoms with Crippen molar-refractivity contribution in [2.45, 2.75) is 13.3 Å². The van der Waals surface area contributed by atoms with Gasteiger partial charge < -0.3 is 14.9 Å². The minimum absolute atomic E-state index is 0.0910. The highest BCUT2D eigenvalue weighted by molar-refractivity contribution is 5.93. The van der Waals surface area contributed by atoms with Gasteiger partial charge in [0.1, 0.15) is 11.3 Å². The molecule has 0 aliphatic rings. The van der Waals surface area contributed by atoms with Crippen molar-refractivity contribution in [3.63, 3.8) is 0 Å². The first-order valence-electron chi connectivity index (χ1n) is 6.86. The first kappa shape index (κ1) is 15.6. The van der Waals surface area contributed by atoms with Crippen molar-refractivity contribution < 1.29 is 24.5 Å². The summed E-state index contributed by atoms with van der Waals surface area (Å²) >= 11 is 0. The van der Waals surface area contributed by atoms with Gasteiger partial charge in [0.05, 0.1) is 12.2 Å². The minimum atomic E-state index is -1.06. The molecule has 2 aromatic rings. The van der Waals surface area contributed by atoms with E-state index in [-0.39, 0.29) is 11.1 Å². The van der Waals surface area contributed by atoms with Crippen molar-refractivity contribution in [3.8, 4) is 16.9 Å². The quantitative estimate of drug-likeness (QED) is 0.852. The predicted octanol–water partition coefficient (Wildman–Crippen LogP) is 3.54. The van der Waals surface area contributed by atoms with Crippen LogP contribution in [-0.4, -0.2) is 28.8 Å². The van der Waals surface area contributed by atoms with Gasteiger partial charge in [-0.25, -0.2) is 9.59 Å². The van der Waals surface area contributed by atoms with Gasteiger partial charge in [0.15, 0.2) is 0 Å². The molecule has 2 N–H and O–H groups in total. The number of rotatable bonds is 6. The highest BCUT2D eigenvalue weighted by atomic mass is 16.5. The van der Waals surface area contributed by atoms with E-state index in [2.05, 4.69) is 0 Å². The molecule has 0 unspecified atom stereocenters. The third kappa shape index (κ3) is 3.44. The Morgan fingerprint density at radius 1 is 0.955 bits per heavy atom. The van der Waals surface area contributed by atoms with Crippen LogP contribution in [0.25, 0.3) is 11.1 Å². The standard InChI is InChI=1S/C17H16O5/c1-2-9-22-15-8-7-13(10-14(15)17(20)21)11-3-5-12(6-4-11)16(18)19/h3-8,10H,2,9H2,1H3,(H,18,19)(H,20,21). The molecule has 0 fully saturated rings. The number of hydrogen-bond acceptors (Lipinski definition) is 3. The second kappa shape index (κ2) is 6.76. The number of carboxylic acid groups (broad SMARTS) is 2. The van der Waals surface area contributed by atoms with Crippen LogP contribution in [0.3, 0.4) is 0 Å². The fraction of sp³-hybridized carbons (Fsp3) is 0.176. The molecule has 22 heavy (non-hydrogen) atoms. The van der Waals surface area contributed by atoms with E-state index < -0.39 is 11.9 Å². The molecule has 0 amide bonds. The average molecular weight is 300 g/mol. The molecule has 0 saturated carbocycles. The maximum atomic E-state index is 11.4. The summed E-state index contributed by atoms with van der Waals surface area (Å²) in [6.45, 7) is 2.39. The third-order valence-electron chi connectivity index (χ3n) is 3.14. The molecule has 0 atom stereocenters. The Labute approximate surface area is 127 Å². The molecule has 0 aliphatic carbocycles. The molecule has 0 aromatic heterocycles. The number of carboxylic acids is 2. The summed E-state index contributed by atoms with van der Waals surface area (Å²) in [4.78, 5) is 22.2. The summed E-state index contributed by atoms with van der Waals surface area (Å²) in [5, 5.41) is 18.2. The van der Waals surface area contributed by atoms with E-state index in [4.69, 9.17) is 9.84 Å². The molecule has 0 heterocycles. The Kier molecular flexibility index (Phi) is 4.78. The van der Waals surface area contributed by atoms with Crippen LogP contribution in [0, 0.1) is 0 Å². The van der Waals surface area contributed by atoms with Crippen molar-refractivity contribution in [1.29, 1.82) is 0 Å². The smallest absolute Gasteiger partial charge is 0.339 e. The van der Waals surface area contributed by atoms with Gasteiger partial charge in [0.2, 0.25) is 0 Å². The fourth-order valence-corrected chi connectivity index (χ4v) is 2.02. The topological polar surface area (TPSA) is 83.8 Å². The van der Waals surface area contributed by atoms with Crippen molar-refractivity contribution in [1.82, 2.24) is 0 Å². The normalized spacial score (nSPS) is 10.2. The van der Waals surface area contributed by atoms with Gasteiger partial charge in [0.25, 0.3) is 0 Å². The molecule has 0 bridgehead atoms. The van der Waals surface area contributed by atoms with Crippen molar-refractivity contribution in [2.75, 3.05) is 6.61 Å². The predicted molar refractivity (Wildman–Crippen MR) is 81.6 cm³/mol. The molecule has 5 heteroatoms. The molecule has 0 spiro atoms. The van der Waals surface area contributed by atoms with Crippen LogP contribution in [0.5, 0.6) is 5.75 Å². The highest BCUT2D eigenvalue weighted by Gasteiger charge is 2.13. The molecule has 5 nitrogen and oxygen atoms in total. The lowest BCUT2D eigenvalue weighted by molar-refractivity contribution is 0.0683. The van der Waals surface area contributed by atoms with E-state index in [1.54, 1.807) is 24.3 Å². The van der Waals surface area contributed by atoms with Crippen LogP contribution in [0.15, 0.2) is 42.5 Å². The van der Waals surface area contributed by atoms with E-state index in [0.29, 0.717) is 17.9 Å². The zero-order chi connectivity index (χ0) is 16.1. The molecular weight excluding hydrogens is 284 g/mol. The van der Waals surface area contributed by atoms with Gasteiger partial charge in [0, 0.05) is 0 Å². The lowest BCUT2D eigenvalue weighted by Gasteiger charge is -2.10. The molecule has 0 saturated heterocycles. The Balaban J connectivity index is 2.37. The summed E-state index contributed by atoms with van der Waals surface area (Å²) in [5.74, 6) is -1.73. The summed E-state index contributed by atoms with van der Waals surface area (Å²) < 4.78 is 5.43. The van der Waals surface area contributed by atoms with Crippen molar-refractivity contribution >= 4 is 11.9 Å². The lowest BCUT2D eigenvalue weighted by Crippen LogP contribution is -2.04. The average Bonchev–Trinajstić information content (AvgIpc) is 2.52. The Hall–Kier alpha value is -2.82. The van der Waals surface area contributed by atoms with E-state index in [0.717, 1.165) is 12.0 Å². The van der Waals surface area contributed by atoms with Gasteiger partial charge in [-0.05, 0) is 41.8 Å². The first-order chi connectivity index (χ1) is 10.5. The lowest BCUT2D eigenvalue weighted by atomic mass is 10.0. The molecular formula is C17H16O5. The van der Waals surface area contributed by atoms with Crippen molar-refractivity contribution in [2.24, 2.45) is 0 Å². The molecule has 2 rings (SSSR count). The largest absolute Gasteiger partial charge is 0.493 e. The molecule has 2 aromatic carbocycles. The van der Waals surface area contributed by atoms with Gasteiger partial charge >= 0.3 is 11.9 Å². The van der Waals surface area contributed by atoms with Gasteiger partial charge in [-0.3, -0.25) is 0 Å². The number of hydrogen-bond donors (Lipinski definition) is 2. The molecule has 0 radical (unpaired) electrons. The number of aromatic carboxylic acids is 2. The SMILES string of the molecule is CCCOc1ccc(-c2ccc(C(=O)O)cc2)cc1C(=O)O. The Morgan fingerprint density at radius 2 is 1.59 bits per heavy atom. The van der Waals surface area contributed by atoms with Crippen LogP contribution in [0.2, 0.25) is 0 Å². The van der Waals surface area contributed by atoms with Gasteiger partial charge in [-0.15, -0.1) is 0 Å². The van der Waals surface area contributed by atoms with Crippen LogP contribution >= 0.6 is 0 Å². The Morgan fingerprint density at radius 3 is 2.14 bits per heavy atom.